The number of nitrogens with zero attached hydrogens (tertiary/aromatic N) is 1. The van der Waals surface area contributed by atoms with E-state index in [1.54, 1.807) is 18.3 Å². The molecule has 0 aliphatic heterocycles. The van der Waals surface area contributed by atoms with Gasteiger partial charge in [-0.25, -0.2) is 0 Å². The topological polar surface area (TPSA) is 22.1 Å². The molecule has 0 saturated carbocycles. The fraction of sp³-hybridized carbons (Fsp3) is 0.222. The number of pyridine rings is 1. The maximum Gasteiger partial charge on any atom is 0.142 e. The molecule has 0 N–H and O–H groups in total. The van der Waals surface area contributed by atoms with E-state index < -0.39 is 0 Å². The smallest absolute Gasteiger partial charge is 0.142 e. The molecular weight excluding hydrogens is 174 g/mol. The van der Waals surface area contributed by atoms with E-state index in [0.29, 0.717) is 17.4 Å². The number of hydrogen-bond donors (Lipinski definition) is 0. The lowest BCUT2D eigenvalue weighted by Crippen LogP contribution is -1.96. The predicted octanol–water partition coefficient (Wildman–Crippen LogP) is 2.61. The molecule has 0 fully saturated rings. The largest absolute Gasteiger partial charge is 0.488 e. The molecule has 1 aromatic heterocycles. The molecule has 2 nitrogen and oxygen atoms in total. The highest BCUT2D eigenvalue weighted by atomic mass is 35.5. The van der Waals surface area contributed by atoms with Crippen LogP contribution in [0.15, 0.2) is 24.9 Å². The molecule has 0 unspecified atom stereocenters. The second-order valence-corrected chi connectivity index (χ2v) is 2.77. The van der Waals surface area contributed by atoms with E-state index in [2.05, 4.69) is 11.6 Å². The Labute approximate surface area is 76.8 Å². The van der Waals surface area contributed by atoms with Crippen molar-refractivity contribution in [3.8, 4) is 5.75 Å². The van der Waals surface area contributed by atoms with Crippen LogP contribution >= 0.6 is 11.6 Å². The van der Waals surface area contributed by atoms with Gasteiger partial charge >= 0.3 is 0 Å². The third kappa shape index (κ3) is 2.24. The Kier molecular flexibility index (Phi) is 3.11. The Bertz CT molecular complexity index is 286. The summed E-state index contributed by atoms with van der Waals surface area (Å²) < 4.78 is 5.30. The van der Waals surface area contributed by atoms with Crippen LogP contribution in [0.5, 0.6) is 5.75 Å². The van der Waals surface area contributed by atoms with E-state index in [1.165, 1.54) is 0 Å². The molecule has 3 heteroatoms. The Hall–Kier alpha value is -1.02. The van der Waals surface area contributed by atoms with Crippen molar-refractivity contribution in [2.45, 2.75) is 6.92 Å². The van der Waals surface area contributed by atoms with Crippen molar-refractivity contribution in [1.82, 2.24) is 4.98 Å². The Morgan fingerprint density at radius 3 is 3.17 bits per heavy atom. The van der Waals surface area contributed by atoms with E-state index in [4.69, 9.17) is 16.3 Å². The average Bonchev–Trinajstić information content (AvgIpc) is 2.07. The van der Waals surface area contributed by atoms with E-state index >= 15 is 0 Å². The summed E-state index contributed by atoms with van der Waals surface area (Å²) in [6.45, 7) is 5.89. The van der Waals surface area contributed by atoms with Crippen LogP contribution in [0.4, 0.5) is 0 Å². The minimum absolute atomic E-state index is 0.475. The van der Waals surface area contributed by atoms with Gasteiger partial charge in [0.15, 0.2) is 0 Å². The molecular formula is C9H10ClNO. The van der Waals surface area contributed by atoms with Crippen molar-refractivity contribution in [3.05, 3.63) is 35.6 Å². The van der Waals surface area contributed by atoms with E-state index in [9.17, 15) is 0 Å². The first-order chi connectivity index (χ1) is 5.74. The van der Waals surface area contributed by atoms with Crippen molar-refractivity contribution in [1.29, 1.82) is 0 Å². The Morgan fingerprint density at radius 2 is 2.50 bits per heavy atom. The van der Waals surface area contributed by atoms with Gasteiger partial charge in [0.1, 0.15) is 12.4 Å². The maximum absolute atomic E-state index is 5.73. The van der Waals surface area contributed by atoms with Crippen LogP contribution < -0.4 is 4.74 Å². The summed E-state index contributed by atoms with van der Waals surface area (Å²) >= 11 is 5.73. The van der Waals surface area contributed by atoms with Crippen LogP contribution in [0.25, 0.3) is 0 Å². The molecule has 0 saturated heterocycles. The molecule has 0 radical (unpaired) electrons. The van der Waals surface area contributed by atoms with Gasteiger partial charge in [0.25, 0.3) is 0 Å². The van der Waals surface area contributed by atoms with Gasteiger partial charge in [-0.3, -0.25) is 4.98 Å². The summed E-state index contributed by atoms with van der Waals surface area (Å²) in [5.41, 5.74) is 0.834. The zero-order chi connectivity index (χ0) is 8.97. The fourth-order valence-electron chi connectivity index (χ4n) is 0.784. The SMILES string of the molecule is C=CCOc1cc(Cl)cnc1C. The summed E-state index contributed by atoms with van der Waals surface area (Å²) in [6.07, 6.45) is 3.28. The predicted molar refractivity (Wildman–Crippen MR) is 49.7 cm³/mol. The highest BCUT2D eigenvalue weighted by Gasteiger charge is 1.99. The van der Waals surface area contributed by atoms with Crippen molar-refractivity contribution >= 4 is 11.6 Å². The molecule has 0 amide bonds. The first kappa shape index (κ1) is 9.07. The van der Waals surface area contributed by atoms with Crippen molar-refractivity contribution in [2.75, 3.05) is 6.61 Å². The van der Waals surface area contributed by atoms with Gasteiger partial charge in [0.2, 0.25) is 0 Å². The second kappa shape index (κ2) is 4.12. The lowest BCUT2D eigenvalue weighted by Gasteiger charge is -2.05. The van der Waals surface area contributed by atoms with E-state index in [0.717, 1.165) is 5.69 Å². The summed E-state index contributed by atoms with van der Waals surface area (Å²) in [6, 6.07) is 1.74. The average molecular weight is 184 g/mol. The highest BCUT2D eigenvalue weighted by Crippen LogP contribution is 2.19. The van der Waals surface area contributed by atoms with E-state index in [1.807, 2.05) is 6.92 Å². The summed E-state index contributed by atoms with van der Waals surface area (Å²) in [4.78, 5) is 4.04. The summed E-state index contributed by atoms with van der Waals surface area (Å²) in [5.74, 6) is 0.711. The second-order valence-electron chi connectivity index (χ2n) is 2.34. The maximum atomic E-state index is 5.73. The van der Waals surface area contributed by atoms with Gasteiger partial charge in [-0.15, -0.1) is 0 Å². The monoisotopic (exact) mass is 183 g/mol. The van der Waals surface area contributed by atoms with Crippen molar-refractivity contribution in [2.24, 2.45) is 0 Å². The van der Waals surface area contributed by atoms with Crippen molar-refractivity contribution < 1.29 is 4.74 Å². The molecule has 1 heterocycles. The third-order valence-corrected chi connectivity index (χ3v) is 1.57. The Morgan fingerprint density at radius 1 is 1.75 bits per heavy atom. The molecule has 0 aromatic carbocycles. The molecule has 12 heavy (non-hydrogen) atoms. The molecule has 0 aliphatic carbocycles. The molecule has 0 aliphatic rings. The molecule has 0 bridgehead atoms. The van der Waals surface area contributed by atoms with Gasteiger partial charge in [-0.2, -0.15) is 0 Å². The first-order valence-electron chi connectivity index (χ1n) is 3.60. The normalized spacial score (nSPS) is 9.50. The number of aromatic nitrogens is 1. The summed E-state index contributed by atoms with van der Waals surface area (Å²) in [5, 5.41) is 0.583. The van der Waals surface area contributed by atoms with E-state index in [-0.39, 0.29) is 0 Å². The number of aryl methyl sites for hydroxylation is 1. The zero-order valence-electron chi connectivity index (χ0n) is 6.88. The number of hydrogen-bond acceptors (Lipinski definition) is 2. The van der Waals surface area contributed by atoms with Crippen LogP contribution in [0.3, 0.4) is 0 Å². The van der Waals surface area contributed by atoms with Gasteiger partial charge in [-0.1, -0.05) is 24.3 Å². The lowest BCUT2D eigenvalue weighted by molar-refractivity contribution is 0.359. The standard InChI is InChI=1S/C9H10ClNO/c1-3-4-12-9-5-8(10)6-11-7(9)2/h3,5-6H,1,4H2,2H3. The fourth-order valence-corrected chi connectivity index (χ4v) is 0.932. The van der Waals surface area contributed by atoms with Crippen LogP contribution in [-0.2, 0) is 0 Å². The third-order valence-electron chi connectivity index (χ3n) is 1.36. The molecule has 0 spiro atoms. The van der Waals surface area contributed by atoms with Gasteiger partial charge in [-0.05, 0) is 6.92 Å². The van der Waals surface area contributed by atoms with Gasteiger partial charge in [0.05, 0.1) is 10.7 Å². The van der Waals surface area contributed by atoms with Crippen LogP contribution in [0.1, 0.15) is 5.69 Å². The van der Waals surface area contributed by atoms with Gasteiger partial charge < -0.3 is 4.74 Å². The number of ether oxygens (including phenoxy) is 1. The summed E-state index contributed by atoms with van der Waals surface area (Å²) in [7, 11) is 0. The van der Waals surface area contributed by atoms with Gasteiger partial charge in [0, 0.05) is 12.3 Å². The molecule has 64 valence electrons. The first-order valence-corrected chi connectivity index (χ1v) is 3.97. The number of rotatable bonds is 3. The minimum Gasteiger partial charge on any atom is -0.488 e. The van der Waals surface area contributed by atoms with Crippen molar-refractivity contribution in [3.63, 3.8) is 0 Å². The van der Waals surface area contributed by atoms with Crippen LogP contribution in [-0.4, -0.2) is 11.6 Å². The molecule has 0 atom stereocenters. The lowest BCUT2D eigenvalue weighted by atomic mass is 10.3. The Balaban J connectivity index is 2.82. The molecule has 1 aromatic rings. The minimum atomic E-state index is 0.475. The van der Waals surface area contributed by atoms with Crippen LogP contribution in [0, 0.1) is 6.92 Å². The molecule has 1 rings (SSSR count). The quantitative estimate of drug-likeness (QED) is 0.673. The van der Waals surface area contributed by atoms with Crippen LogP contribution in [0.2, 0.25) is 5.02 Å². The highest BCUT2D eigenvalue weighted by molar-refractivity contribution is 6.30. The number of halogens is 1. The zero-order valence-corrected chi connectivity index (χ0v) is 7.64.